The van der Waals surface area contributed by atoms with Crippen LogP contribution in [0.4, 0.5) is 0 Å². The van der Waals surface area contributed by atoms with Crippen LogP contribution in [-0.2, 0) is 14.3 Å². The zero-order valence-corrected chi connectivity index (χ0v) is 21.0. The normalized spacial score (nSPS) is 10.1. The van der Waals surface area contributed by atoms with Crippen LogP contribution >= 0.6 is 7.92 Å². The predicted octanol–water partition coefficient (Wildman–Crippen LogP) is 1.36. The second-order valence-corrected chi connectivity index (χ2v) is 9.60. The Labute approximate surface area is 203 Å². The molecule has 0 fully saturated rings. The summed E-state index contributed by atoms with van der Waals surface area (Å²) in [5, 5.41) is 11.3. The molecule has 4 nitrogen and oxygen atoms in total. The van der Waals surface area contributed by atoms with Crippen molar-refractivity contribution >= 4 is 24.5 Å². The largest absolute Gasteiger partial charge is 1.00 e. The zero-order valence-electron chi connectivity index (χ0n) is 18.5. The number of carboxylic acid groups (broad SMARTS) is 1. The first kappa shape index (κ1) is 28.0. The average molecular weight is 519 g/mol. The minimum absolute atomic E-state index is 0. The molecule has 0 spiro atoms. The maximum absolute atomic E-state index is 10.4. The van der Waals surface area contributed by atoms with Gasteiger partial charge in [0.2, 0.25) is 0 Å². The van der Waals surface area contributed by atoms with Gasteiger partial charge in [-0.25, -0.2) is 0 Å². The molecule has 0 radical (unpaired) electrons. The molecule has 0 amide bonds. The number of rotatable bonds is 11. The van der Waals surface area contributed by atoms with Crippen LogP contribution in [0.15, 0.2) is 91.0 Å². The maximum Gasteiger partial charge on any atom is 0.305 e. The minimum atomic E-state index is -0.851. The highest BCUT2D eigenvalue weighted by molar-refractivity contribution is 7.73. The van der Waals surface area contributed by atoms with Crippen LogP contribution in [0.1, 0.15) is 12.0 Å². The van der Waals surface area contributed by atoms with Gasteiger partial charge in [0, 0.05) is 0 Å². The Hall–Kier alpha value is -2.04. The lowest BCUT2D eigenvalue weighted by Gasteiger charge is -2.11. The van der Waals surface area contributed by atoms with Crippen molar-refractivity contribution in [1.29, 1.82) is 0 Å². The molecule has 0 heterocycles. The Morgan fingerprint density at radius 3 is 1.56 bits per heavy atom. The number of halogens is 1. The molecule has 0 saturated heterocycles. The lowest BCUT2D eigenvalue weighted by Crippen LogP contribution is -3.00. The smallest absolute Gasteiger partial charge is 0.305 e. The van der Waals surface area contributed by atoms with E-state index in [1.807, 2.05) is 30.3 Å². The van der Waals surface area contributed by atoms with Gasteiger partial charge in [0.25, 0.3) is 0 Å². The van der Waals surface area contributed by atoms with Gasteiger partial charge in [-0.15, -0.1) is 0 Å². The molecule has 0 unspecified atom stereocenters. The summed E-state index contributed by atoms with van der Waals surface area (Å²) in [5.74, 6) is -0.839. The van der Waals surface area contributed by atoms with E-state index in [1.165, 1.54) is 16.2 Å². The highest BCUT2D eigenvalue weighted by Gasteiger charge is 2.21. The van der Waals surface area contributed by atoms with Crippen LogP contribution in [0.3, 0.4) is 0 Å². The first-order valence-electron chi connectivity index (χ1n) is 10.5. The van der Waals surface area contributed by atoms with Gasteiger partial charge < -0.3 is 31.6 Å². The van der Waals surface area contributed by atoms with Gasteiger partial charge in [-0.05, 0) is 31.2 Å². The topological polar surface area (TPSA) is 55.8 Å². The van der Waals surface area contributed by atoms with Crippen molar-refractivity contribution in [3.8, 4) is 0 Å². The number of aliphatic carboxylic acids is 1. The van der Waals surface area contributed by atoms with Crippen LogP contribution in [0, 0.1) is 6.92 Å². The van der Waals surface area contributed by atoms with Gasteiger partial charge in [0.1, 0.15) is 0 Å². The van der Waals surface area contributed by atoms with Crippen LogP contribution in [0.5, 0.6) is 0 Å². The molecule has 0 bridgehead atoms. The van der Waals surface area contributed by atoms with E-state index in [9.17, 15) is 4.79 Å². The van der Waals surface area contributed by atoms with Gasteiger partial charge in [-0.2, -0.15) is 0 Å². The summed E-state index contributed by atoms with van der Waals surface area (Å²) >= 11 is 0. The van der Waals surface area contributed by atoms with Crippen molar-refractivity contribution < 1.29 is 36.4 Å². The molecule has 6 heteroatoms. The number of aryl methyl sites for hydroxylation is 1. The van der Waals surface area contributed by atoms with Gasteiger partial charge in [0.05, 0.1) is 57.5 Å². The number of carboxylic acids is 1. The van der Waals surface area contributed by atoms with Crippen molar-refractivity contribution in [2.24, 2.45) is 0 Å². The number of hydrogen-bond acceptors (Lipinski definition) is 3. The quantitative estimate of drug-likeness (QED) is 0.307. The fourth-order valence-corrected chi connectivity index (χ4v) is 5.37. The number of hydrogen-bond donors (Lipinski definition) is 1. The molecule has 3 rings (SSSR count). The van der Waals surface area contributed by atoms with Crippen molar-refractivity contribution in [2.75, 3.05) is 32.6 Å². The maximum atomic E-state index is 10.4. The Morgan fingerprint density at radius 1 is 0.719 bits per heavy atom. The summed E-state index contributed by atoms with van der Waals surface area (Å²) in [6, 6.07) is 31.4. The lowest BCUT2D eigenvalue weighted by molar-refractivity contribution is -0.138. The molecule has 3 aromatic rings. The van der Waals surface area contributed by atoms with E-state index < -0.39 is 13.9 Å². The van der Waals surface area contributed by atoms with Gasteiger partial charge in [-0.3, -0.25) is 4.79 Å². The fourth-order valence-electron chi connectivity index (χ4n) is 2.92. The third-order valence-corrected chi connectivity index (χ3v) is 7.28. The van der Waals surface area contributed by atoms with Gasteiger partial charge >= 0.3 is 5.97 Å². The molecule has 0 aromatic heterocycles. The van der Waals surface area contributed by atoms with E-state index in [-0.39, 0.29) is 30.0 Å². The third-order valence-electron chi connectivity index (χ3n) is 4.51. The SMILES string of the molecule is Cc1ccccc1.O=C(O)CCOCCOCC[PH+](c1ccccc1)c1ccccc1.[Br-]. The summed E-state index contributed by atoms with van der Waals surface area (Å²) in [7, 11) is -0.851. The molecule has 3 aromatic carbocycles. The highest BCUT2D eigenvalue weighted by atomic mass is 79.9. The summed E-state index contributed by atoms with van der Waals surface area (Å²) in [5.41, 5.74) is 1.32. The zero-order chi connectivity index (χ0) is 22.2. The molecular formula is C26H32BrO4P. The third kappa shape index (κ3) is 12.1. The van der Waals surface area contributed by atoms with Gasteiger partial charge in [-0.1, -0.05) is 72.3 Å². The summed E-state index contributed by atoms with van der Waals surface area (Å²) in [6.45, 7) is 3.94. The van der Waals surface area contributed by atoms with E-state index in [1.54, 1.807) is 0 Å². The summed E-state index contributed by atoms with van der Waals surface area (Å²) < 4.78 is 10.9. The molecule has 0 saturated carbocycles. The molecule has 0 aliphatic carbocycles. The molecule has 32 heavy (non-hydrogen) atoms. The molecular weight excluding hydrogens is 487 g/mol. The van der Waals surface area contributed by atoms with Crippen molar-refractivity contribution in [3.05, 3.63) is 96.6 Å². The van der Waals surface area contributed by atoms with E-state index in [4.69, 9.17) is 14.6 Å². The monoisotopic (exact) mass is 518 g/mol. The predicted molar refractivity (Wildman–Crippen MR) is 130 cm³/mol. The molecule has 1 N–H and O–H groups in total. The second kappa shape index (κ2) is 17.5. The van der Waals surface area contributed by atoms with Crippen LogP contribution < -0.4 is 27.6 Å². The Bertz CT molecular complexity index is 808. The van der Waals surface area contributed by atoms with Crippen LogP contribution in [-0.4, -0.2) is 43.7 Å². The second-order valence-electron chi connectivity index (χ2n) is 6.98. The van der Waals surface area contributed by atoms with Crippen molar-refractivity contribution in [1.82, 2.24) is 0 Å². The van der Waals surface area contributed by atoms with Crippen molar-refractivity contribution in [2.45, 2.75) is 13.3 Å². The number of ether oxygens (including phenoxy) is 2. The van der Waals surface area contributed by atoms with E-state index in [0.29, 0.717) is 19.8 Å². The standard InChI is InChI=1S/C19H23O4P.C7H8.BrH/c20-19(21)11-12-22-13-14-23-15-16-24(17-7-3-1-4-8-17)18-9-5-2-6-10-18;1-7-5-3-2-4-6-7;/h1-10H,11-16H2,(H,20,21);2-6H,1H3;1H. The fraction of sp³-hybridized carbons (Fsp3) is 0.269. The average Bonchev–Trinajstić information content (AvgIpc) is 2.80. The highest BCUT2D eigenvalue weighted by Crippen LogP contribution is 2.32. The summed E-state index contributed by atoms with van der Waals surface area (Å²) in [4.78, 5) is 10.4. The Balaban J connectivity index is 0.000000545. The van der Waals surface area contributed by atoms with Crippen molar-refractivity contribution in [3.63, 3.8) is 0 Å². The summed E-state index contributed by atoms with van der Waals surface area (Å²) in [6.07, 6.45) is 1.03. The van der Waals surface area contributed by atoms with E-state index >= 15 is 0 Å². The first-order chi connectivity index (χ1) is 15.2. The number of benzene rings is 3. The number of carbonyl (C=O) groups is 1. The molecule has 0 aliphatic rings. The van der Waals surface area contributed by atoms with Crippen LogP contribution in [0.2, 0.25) is 0 Å². The van der Waals surface area contributed by atoms with Gasteiger partial charge in [0.15, 0.2) is 0 Å². The minimum Gasteiger partial charge on any atom is -1.00 e. The molecule has 0 atom stereocenters. The first-order valence-corrected chi connectivity index (χ1v) is 12.2. The molecule has 172 valence electrons. The Kier molecular flexibility index (Phi) is 15.3. The molecule has 0 aliphatic heterocycles. The van der Waals surface area contributed by atoms with Crippen LogP contribution in [0.25, 0.3) is 0 Å². The van der Waals surface area contributed by atoms with E-state index in [2.05, 4.69) is 67.6 Å². The Morgan fingerprint density at radius 2 is 1.16 bits per heavy atom. The lowest BCUT2D eigenvalue weighted by atomic mass is 10.2. The van der Waals surface area contributed by atoms with E-state index in [0.717, 1.165) is 6.16 Å².